The molecule has 0 radical (unpaired) electrons. The van der Waals surface area contributed by atoms with Crippen LogP contribution in [-0.4, -0.2) is 78.5 Å². The minimum absolute atomic E-state index is 0. The Morgan fingerprint density at radius 1 is 1.46 bits per heavy atom. The molecule has 1 aromatic rings. The molecule has 2 heterocycles. The summed E-state index contributed by atoms with van der Waals surface area (Å²) in [6, 6.07) is 0. The molecule has 2 aliphatic rings. The van der Waals surface area contributed by atoms with E-state index in [9.17, 15) is 0 Å². The molecule has 0 aromatic carbocycles. The predicted molar refractivity (Wildman–Crippen MR) is 124 cm³/mol. The lowest BCUT2D eigenvalue weighted by molar-refractivity contribution is -0.00854. The number of aromatic nitrogens is 2. The zero-order valence-corrected chi connectivity index (χ0v) is 20.3. The summed E-state index contributed by atoms with van der Waals surface area (Å²) >= 11 is 0. The topological polar surface area (TPSA) is 57.9 Å². The number of hydrogen-bond donors (Lipinski definition) is 1. The smallest absolute Gasteiger partial charge is 0.193 e. The molecule has 0 spiro atoms. The average molecular weight is 504 g/mol. The van der Waals surface area contributed by atoms with Crippen LogP contribution in [0.25, 0.3) is 0 Å². The monoisotopic (exact) mass is 504 g/mol. The molecule has 1 saturated heterocycles. The van der Waals surface area contributed by atoms with Crippen molar-refractivity contribution >= 4 is 29.9 Å². The Balaban J connectivity index is 0.00000280. The Morgan fingerprint density at radius 2 is 2.25 bits per heavy atom. The normalized spacial score (nSPS) is 28.9. The molecule has 1 aliphatic heterocycles. The Kier molecular flexibility index (Phi) is 8.57. The molecule has 1 N–H and O–H groups in total. The SMILES string of the molecule is CN=C(NCC1(N(C)C)CCCC(C)C1)N1CCOC(c2cnn(C)c2)C1.I. The first-order valence-electron chi connectivity index (χ1n) is 10.2. The Bertz CT molecular complexity index is 648. The number of rotatable bonds is 4. The van der Waals surface area contributed by atoms with Gasteiger partial charge in [0.05, 0.1) is 19.3 Å². The summed E-state index contributed by atoms with van der Waals surface area (Å²) in [6.45, 7) is 5.69. The van der Waals surface area contributed by atoms with Crippen LogP contribution in [0.4, 0.5) is 0 Å². The van der Waals surface area contributed by atoms with Gasteiger partial charge >= 0.3 is 0 Å². The van der Waals surface area contributed by atoms with Gasteiger partial charge in [-0.1, -0.05) is 19.8 Å². The molecule has 1 saturated carbocycles. The van der Waals surface area contributed by atoms with E-state index in [-0.39, 0.29) is 35.6 Å². The third-order valence-electron chi connectivity index (χ3n) is 6.27. The van der Waals surface area contributed by atoms with Gasteiger partial charge in [-0.15, -0.1) is 24.0 Å². The van der Waals surface area contributed by atoms with Crippen molar-refractivity contribution in [3.05, 3.63) is 18.0 Å². The first-order chi connectivity index (χ1) is 12.9. The number of morpholine rings is 1. The van der Waals surface area contributed by atoms with E-state index in [4.69, 9.17) is 4.74 Å². The Labute approximate surface area is 186 Å². The van der Waals surface area contributed by atoms with Crippen molar-refractivity contribution in [2.45, 2.75) is 44.2 Å². The molecule has 7 nitrogen and oxygen atoms in total. The summed E-state index contributed by atoms with van der Waals surface area (Å²) in [5.74, 6) is 1.76. The van der Waals surface area contributed by atoms with E-state index in [2.05, 4.69) is 46.2 Å². The van der Waals surface area contributed by atoms with Crippen LogP contribution in [0.5, 0.6) is 0 Å². The fourth-order valence-electron chi connectivity index (χ4n) is 4.58. The minimum atomic E-state index is 0. The molecular weight excluding hydrogens is 467 g/mol. The summed E-state index contributed by atoms with van der Waals surface area (Å²) in [4.78, 5) is 9.31. The molecule has 0 bridgehead atoms. The lowest BCUT2D eigenvalue weighted by Gasteiger charge is -2.46. The first kappa shape index (κ1) is 23.4. The first-order valence-corrected chi connectivity index (χ1v) is 10.2. The second-order valence-corrected chi connectivity index (χ2v) is 8.47. The van der Waals surface area contributed by atoms with Crippen LogP contribution in [0.2, 0.25) is 0 Å². The van der Waals surface area contributed by atoms with Crippen molar-refractivity contribution in [2.24, 2.45) is 18.0 Å². The van der Waals surface area contributed by atoms with Gasteiger partial charge in [-0.25, -0.2) is 0 Å². The summed E-state index contributed by atoms with van der Waals surface area (Å²) < 4.78 is 7.81. The van der Waals surface area contributed by atoms with Crippen molar-refractivity contribution in [2.75, 3.05) is 47.4 Å². The molecule has 160 valence electrons. The number of nitrogens with zero attached hydrogens (tertiary/aromatic N) is 5. The highest BCUT2D eigenvalue weighted by atomic mass is 127. The average Bonchev–Trinajstić information content (AvgIpc) is 3.09. The highest BCUT2D eigenvalue weighted by Crippen LogP contribution is 2.35. The van der Waals surface area contributed by atoms with Gasteiger partial charge in [-0.3, -0.25) is 9.67 Å². The van der Waals surface area contributed by atoms with Crippen molar-refractivity contribution in [1.29, 1.82) is 0 Å². The van der Waals surface area contributed by atoms with Crippen LogP contribution < -0.4 is 5.32 Å². The van der Waals surface area contributed by atoms with Gasteiger partial charge in [0.25, 0.3) is 0 Å². The molecule has 2 fully saturated rings. The molecular formula is C20H37IN6O. The molecule has 3 unspecified atom stereocenters. The van der Waals surface area contributed by atoms with Crippen LogP contribution >= 0.6 is 24.0 Å². The van der Waals surface area contributed by atoms with Crippen molar-refractivity contribution in [3.63, 3.8) is 0 Å². The van der Waals surface area contributed by atoms with Crippen LogP contribution in [0, 0.1) is 5.92 Å². The zero-order chi connectivity index (χ0) is 19.4. The maximum atomic E-state index is 5.98. The summed E-state index contributed by atoms with van der Waals surface area (Å²) in [5.41, 5.74) is 1.34. The summed E-state index contributed by atoms with van der Waals surface area (Å²) in [5, 5.41) is 7.97. The number of likely N-dealkylation sites (N-methyl/N-ethyl adjacent to an activating group) is 1. The Hall–Kier alpha value is -0.870. The number of ether oxygens (including phenoxy) is 1. The van der Waals surface area contributed by atoms with Gasteiger partial charge in [0.1, 0.15) is 6.10 Å². The van der Waals surface area contributed by atoms with Gasteiger partial charge in [-0.05, 0) is 32.9 Å². The van der Waals surface area contributed by atoms with Crippen LogP contribution in [0.3, 0.4) is 0 Å². The van der Waals surface area contributed by atoms with E-state index < -0.39 is 0 Å². The Morgan fingerprint density at radius 3 is 2.86 bits per heavy atom. The van der Waals surface area contributed by atoms with Crippen LogP contribution in [-0.2, 0) is 11.8 Å². The van der Waals surface area contributed by atoms with E-state index >= 15 is 0 Å². The molecule has 3 rings (SSSR count). The minimum Gasteiger partial charge on any atom is -0.370 e. The third-order valence-corrected chi connectivity index (χ3v) is 6.27. The highest BCUT2D eigenvalue weighted by Gasteiger charge is 2.37. The molecule has 0 amide bonds. The second kappa shape index (κ2) is 10.2. The van der Waals surface area contributed by atoms with Crippen LogP contribution in [0.15, 0.2) is 17.4 Å². The van der Waals surface area contributed by atoms with E-state index in [0.717, 1.165) is 37.1 Å². The fraction of sp³-hybridized carbons (Fsp3) is 0.800. The summed E-state index contributed by atoms with van der Waals surface area (Å²) in [6.07, 6.45) is 9.12. The van der Waals surface area contributed by atoms with E-state index in [1.54, 1.807) is 0 Å². The van der Waals surface area contributed by atoms with Gasteiger partial charge < -0.3 is 19.9 Å². The number of aryl methyl sites for hydroxylation is 1. The molecule has 1 aromatic heterocycles. The number of aliphatic imine (C=N–C) groups is 1. The lowest BCUT2D eigenvalue weighted by atomic mass is 9.75. The summed E-state index contributed by atoms with van der Waals surface area (Å²) in [7, 11) is 8.25. The maximum absolute atomic E-state index is 5.98. The predicted octanol–water partition coefficient (Wildman–Crippen LogP) is 2.50. The fourth-order valence-corrected chi connectivity index (χ4v) is 4.58. The standard InChI is InChI=1S/C20H36N6O.HI/c1-16-7-6-8-20(11-16,24(3)4)15-22-19(21-2)26-9-10-27-18(14-26)17-12-23-25(5)13-17;/h12-13,16,18H,6-11,14-15H2,1-5H3,(H,21,22);1H. The number of guanidine groups is 1. The van der Waals surface area contributed by atoms with Gasteiger partial charge in [0.2, 0.25) is 0 Å². The molecule has 1 aliphatic carbocycles. The zero-order valence-electron chi connectivity index (χ0n) is 18.0. The molecule has 8 heteroatoms. The van der Waals surface area contributed by atoms with Crippen LogP contribution in [0.1, 0.15) is 44.3 Å². The van der Waals surface area contributed by atoms with E-state index in [1.807, 2.05) is 31.2 Å². The largest absolute Gasteiger partial charge is 0.370 e. The van der Waals surface area contributed by atoms with Gasteiger partial charge in [0.15, 0.2) is 5.96 Å². The van der Waals surface area contributed by atoms with Crippen molar-refractivity contribution in [3.8, 4) is 0 Å². The molecule has 28 heavy (non-hydrogen) atoms. The maximum Gasteiger partial charge on any atom is 0.193 e. The van der Waals surface area contributed by atoms with Crippen molar-refractivity contribution in [1.82, 2.24) is 24.9 Å². The highest BCUT2D eigenvalue weighted by molar-refractivity contribution is 14.0. The number of nitrogens with one attached hydrogen (secondary N) is 1. The third kappa shape index (κ3) is 5.38. The quantitative estimate of drug-likeness (QED) is 0.388. The van der Waals surface area contributed by atoms with Gasteiger partial charge in [0, 0.05) is 44.5 Å². The van der Waals surface area contributed by atoms with Gasteiger partial charge in [-0.2, -0.15) is 5.10 Å². The second-order valence-electron chi connectivity index (χ2n) is 8.47. The number of halogens is 1. The van der Waals surface area contributed by atoms with Crippen molar-refractivity contribution < 1.29 is 4.74 Å². The van der Waals surface area contributed by atoms with E-state index in [0.29, 0.717) is 6.61 Å². The number of hydrogen-bond acceptors (Lipinski definition) is 4. The lowest BCUT2D eigenvalue weighted by Crippen LogP contribution is -2.57. The molecule has 3 atom stereocenters. The van der Waals surface area contributed by atoms with E-state index in [1.165, 1.54) is 25.7 Å².